The maximum atomic E-state index is 12.5. The lowest BCUT2D eigenvalue weighted by atomic mass is 10.2. The topological polar surface area (TPSA) is 32.3 Å². The fraction of sp³-hybridized carbons (Fsp3) is 0.235. The van der Waals surface area contributed by atoms with E-state index in [-0.39, 0.29) is 5.91 Å². The van der Waals surface area contributed by atoms with Crippen molar-refractivity contribution in [2.75, 3.05) is 30.1 Å². The minimum absolute atomic E-state index is 0.196. The molecule has 0 saturated carbocycles. The largest absolute Gasteiger partial charge is 0.373 e. The molecule has 3 nitrogen and oxygen atoms in total. The van der Waals surface area contributed by atoms with Crippen LogP contribution in [-0.2, 0) is 0 Å². The molecular formula is C17H19ClN2OS. The van der Waals surface area contributed by atoms with Gasteiger partial charge in [0.05, 0.1) is 22.0 Å². The van der Waals surface area contributed by atoms with Gasteiger partial charge in [0.2, 0.25) is 0 Å². The lowest BCUT2D eigenvalue weighted by Gasteiger charge is -2.21. The van der Waals surface area contributed by atoms with E-state index in [4.69, 9.17) is 11.6 Å². The zero-order chi connectivity index (χ0) is 16.1. The van der Waals surface area contributed by atoms with Gasteiger partial charge in [0.25, 0.3) is 5.91 Å². The molecule has 2 aromatic rings. The molecule has 0 spiro atoms. The van der Waals surface area contributed by atoms with E-state index in [1.54, 1.807) is 17.8 Å². The van der Waals surface area contributed by atoms with Crippen molar-refractivity contribution in [1.82, 2.24) is 0 Å². The molecule has 0 atom stereocenters. The van der Waals surface area contributed by atoms with Crippen molar-refractivity contribution in [2.45, 2.75) is 11.8 Å². The third-order valence-corrected chi connectivity index (χ3v) is 4.51. The molecule has 0 radical (unpaired) electrons. The van der Waals surface area contributed by atoms with Crippen LogP contribution in [0.25, 0.3) is 0 Å². The van der Waals surface area contributed by atoms with E-state index in [1.807, 2.05) is 49.7 Å². The molecule has 1 amide bonds. The Bertz CT molecular complexity index is 675. The number of benzene rings is 2. The molecule has 116 valence electrons. The fourth-order valence-corrected chi connectivity index (χ4v) is 2.72. The van der Waals surface area contributed by atoms with E-state index in [2.05, 4.69) is 17.1 Å². The number of thioether (sulfide) groups is 1. The Morgan fingerprint density at radius 3 is 2.68 bits per heavy atom. The summed E-state index contributed by atoms with van der Waals surface area (Å²) in [6, 6.07) is 13.2. The van der Waals surface area contributed by atoms with Crippen molar-refractivity contribution in [3.05, 3.63) is 53.1 Å². The van der Waals surface area contributed by atoms with Crippen LogP contribution in [0.3, 0.4) is 0 Å². The van der Waals surface area contributed by atoms with Crippen molar-refractivity contribution in [3.63, 3.8) is 0 Å². The summed E-state index contributed by atoms with van der Waals surface area (Å²) >= 11 is 7.74. The molecule has 0 aliphatic heterocycles. The number of rotatable bonds is 5. The number of halogens is 1. The standard InChI is InChI=1S/C17H19ClN2OS/c1-4-20(2)16-8-6-5-7-15(16)19-17(21)13-11-12(22-3)9-10-14(13)18/h5-11H,4H2,1-3H3,(H,19,21). The second kappa shape index (κ2) is 7.56. The van der Waals surface area contributed by atoms with Crippen LogP contribution >= 0.6 is 23.4 Å². The van der Waals surface area contributed by atoms with Crippen molar-refractivity contribution < 1.29 is 4.79 Å². The SMILES string of the molecule is CCN(C)c1ccccc1NC(=O)c1cc(SC)ccc1Cl. The minimum atomic E-state index is -0.196. The van der Waals surface area contributed by atoms with Gasteiger partial charge in [-0.15, -0.1) is 11.8 Å². The van der Waals surface area contributed by atoms with Gasteiger partial charge in [-0.25, -0.2) is 0 Å². The Labute approximate surface area is 140 Å². The molecule has 0 bridgehead atoms. The summed E-state index contributed by atoms with van der Waals surface area (Å²) in [6.07, 6.45) is 1.97. The van der Waals surface area contributed by atoms with Crippen LogP contribution in [0, 0.1) is 0 Å². The van der Waals surface area contributed by atoms with Crippen molar-refractivity contribution in [3.8, 4) is 0 Å². The molecule has 1 N–H and O–H groups in total. The normalized spacial score (nSPS) is 10.4. The third-order valence-electron chi connectivity index (χ3n) is 3.46. The number of hydrogen-bond donors (Lipinski definition) is 1. The zero-order valence-electron chi connectivity index (χ0n) is 12.9. The fourth-order valence-electron chi connectivity index (χ4n) is 2.08. The highest BCUT2D eigenvalue weighted by Crippen LogP contribution is 2.27. The van der Waals surface area contributed by atoms with E-state index in [0.29, 0.717) is 10.6 Å². The molecule has 5 heteroatoms. The van der Waals surface area contributed by atoms with Crippen LogP contribution in [-0.4, -0.2) is 25.8 Å². The summed E-state index contributed by atoms with van der Waals surface area (Å²) in [4.78, 5) is 15.6. The predicted octanol–water partition coefficient (Wildman–Crippen LogP) is 4.77. The monoisotopic (exact) mass is 334 g/mol. The van der Waals surface area contributed by atoms with Gasteiger partial charge in [0, 0.05) is 18.5 Å². The zero-order valence-corrected chi connectivity index (χ0v) is 14.5. The van der Waals surface area contributed by atoms with Crippen LogP contribution in [0.2, 0.25) is 5.02 Å². The average molecular weight is 335 g/mol. The van der Waals surface area contributed by atoms with Crippen LogP contribution in [0.4, 0.5) is 11.4 Å². The number of anilines is 2. The van der Waals surface area contributed by atoms with Gasteiger partial charge in [-0.2, -0.15) is 0 Å². The van der Waals surface area contributed by atoms with Gasteiger partial charge < -0.3 is 10.2 Å². The van der Waals surface area contributed by atoms with E-state index < -0.39 is 0 Å². The second-order valence-electron chi connectivity index (χ2n) is 4.83. The maximum Gasteiger partial charge on any atom is 0.257 e. The highest BCUT2D eigenvalue weighted by Gasteiger charge is 2.14. The van der Waals surface area contributed by atoms with Crippen molar-refractivity contribution in [2.24, 2.45) is 0 Å². The summed E-state index contributed by atoms with van der Waals surface area (Å²) in [7, 11) is 1.99. The first kappa shape index (κ1) is 16.7. The Kier molecular flexibility index (Phi) is 5.75. The summed E-state index contributed by atoms with van der Waals surface area (Å²) in [5.41, 5.74) is 2.25. The number of para-hydroxylation sites is 2. The number of hydrogen-bond acceptors (Lipinski definition) is 3. The average Bonchev–Trinajstić information content (AvgIpc) is 2.55. The summed E-state index contributed by atoms with van der Waals surface area (Å²) < 4.78 is 0. The quantitative estimate of drug-likeness (QED) is 0.799. The van der Waals surface area contributed by atoms with Crippen LogP contribution < -0.4 is 10.2 Å². The summed E-state index contributed by atoms with van der Waals surface area (Å²) in [5, 5.41) is 3.42. The molecule has 0 fully saturated rings. The highest BCUT2D eigenvalue weighted by atomic mass is 35.5. The van der Waals surface area contributed by atoms with Crippen molar-refractivity contribution in [1.29, 1.82) is 0 Å². The first-order chi connectivity index (χ1) is 10.6. The van der Waals surface area contributed by atoms with Gasteiger partial charge in [0.1, 0.15) is 0 Å². The summed E-state index contributed by atoms with van der Waals surface area (Å²) in [6.45, 7) is 2.92. The predicted molar refractivity (Wildman–Crippen MR) is 96.6 cm³/mol. The van der Waals surface area contributed by atoms with Gasteiger partial charge in [0.15, 0.2) is 0 Å². The molecule has 22 heavy (non-hydrogen) atoms. The molecule has 0 heterocycles. The van der Waals surface area contributed by atoms with Gasteiger partial charge in [-0.05, 0) is 43.5 Å². The van der Waals surface area contributed by atoms with Crippen LogP contribution in [0.5, 0.6) is 0 Å². The van der Waals surface area contributed by atoms with Gasteiger partial charge >= 0.3 is 0 Å². The molecule has 2 rings (SSSR count). The molecule has 0 aromatic heterocycles. The summed E-state index contributed by atoms with van der Waals surface area (Å²) in [5.74, 6) is -0.196. The van der Waals surface area contributed by atoms with Gasteiger partial charge in [-0.1, -0.05) is 23.7 Å². The highest BCUT2D eigenvalue weighted by molar-refractivity contribution is 7.98. The minimum Gasteiger partial charge on any atom is -0.373 e. The van der Waals surface area contributed by atoms with E-state index in [0.717, 1.165) is 22.8 Å². The third kappa shape index (κ3) is 3.76. The first-order valence-corrected chi connectivity index (χ1v) is 8.62. The number of nitrogens with zero attached hydrogens (tertiary/aromatic N) is 1. The smallest absolute Gasteiger partial charge is 0.257 e. The Morgan fingerprint density at radius 1 is 1.27 bits per heavy atom. The van der Waals surface area contributed by atoms with Crippen molar-refractivity contribution >= 4 is 40.6 Å². The lowest BCUT2D eigenvalue weighted by molar-refractivity contribution is 0.102. The second-order valence-corrected chi connectivity index (χ2v) is 6.12. The molecule has 0 saturated heterocycles. The number of nitrogens with one attached hydrogen (secondary N) is 1. The maximum absolute atomic E-state index is 12.5. The lowest BCUT2D eigenvalue weighted by Crippen LogP contribution is -2.20. The number of amides is 1. The van der Waals surface area contributed by atoms with E-state index in [1.165, 1.54) is 0 Å². The molecule has 0 unspecified atom stereocenters. The Balaban J connectivity index is 2.30. The van der Waals surface area contributed by atoms with Crippen LogP contribution in [0.15, 0.2) is 47.4 Å². The van der Waals surface area contributed by atoms with E-state index >= 15 is 0 Å². The number of carbonyl (C=O) groups excluding carboxylic acids is 1. The number of carbonyl (C=O) groups is 1. The van der Waals surface area contributed by atoms with E-state index in [9.17, 15) is 4.79 Å². The molecule has 0 aliphatic carbocycles. The molecular weight excluding hydrogens is 316 g/mol. The van der Waals surface area contributed by atoms with Gasteiger partial charge in [-0.3, -0.25) is 4.79 Å². The molecule has 2 aromatic carbocycles. The Hall–Kier alpha value is -1.65. The first-order valence-electron chi connectivity index (χ1n) is 7.02. The molecule has 0 aliphatic rings. The van der Waals surface area contributed by atoms with Crippen LogP contribution in [0.1, 0.15) is 17.3 Å². The Morgan fingerprint density at radius 2 is 2.00 bits per heavy atom.